The van der Waals surface area contributed by atoms with Gasteiger partial charge in [-0.05, 0) is 78.2 Å². The second kappa shape index (κ2) is 16.8. The maximum Gasteiger partial charge on any atom is 0.107 e. The molecule has 10 aromatic carbocycles. The molecule has 0 saturated heterocycles. The fourth-order valence-corrected chi connectivity index (χ4v) is 9.17. The minimum absolute atomic E-state index is 0.685. The van der Waals surface area contributed by atoms with Crippen molar-refractivity contribution in [3.05, 3.63) is 299 Å². The number of rotatable bonds is 7. The average Bonchev–Trinajstić information content (AvgIpc) is 3.36. The van der Waals surface area contributed by atoms with Crippen LogP contribution in [-0.4, -0.2) is 0 Å². The average molecular weight is 787 g/mol. The summed E-state index contributed by atoms with van der Waals surface area (Å²) in [5, 5.41) is 4.55. The highest BCUT2D eigenvalue weighted by molar-refractivity contribution is 6.08. The summed E-state index contributed by atoms with van der Waals surface area (Å²) in [6, 6.07) is 90.3. The van der Waals surface area contributed by atoms with Gasteiger partial charge in [0, 0.05) is 11.1 Å². The lowest BCUT2D eigenvalue weighted by Crippen LogP contribution is -2.27. The molecule has 0 spiro atoms. The number of hydrogen-bond donors (Lipinski definition) is 0. The van der Waals surface area contributed by atoms with Gasteiger partial charge in [-0.2, -0.15) is 0 Å². The zero-order chi connectivity index (χ0) is 41.6. The molecule has 0 radical (unpaired) electrons. The normalized spacial score (nSPS) is 11.3. The predicted octanol–water partition coefficient (Wildman–Crippen LogP) is 14.4. The third-order valence-electron chi connectivity index (χ3n) is 12.1. The first kappa shape index (κ1) is 38.1. The van der Waals surface area contributed by atoms with Gasteiger partial charge in [0.2, 0.25) is 0 Å². The zero-order valence-corrected chi connectivity index (χ0v) is 34.2. The summed E-state index contributed by atoms with van der Waals surface area (Å²) in [6.45, 7) is 0. The maximum atomic E-state index is 3.88. The maximum absolute atomic E-state index is 3.88. The first-order valence-corrected chi connectivity index (χ1v) is 21.2. The summed E-state index contributed by atoms with van der Waals surface area (Å²) >= 11 is 0. The molecule has 0 aliphatic carbocycles. The molecule has 0 unspecified atom stereocenters. The topological polar surface area (TPSA) is 0 Å². The van der Waals surface area contributed by atoms with E-state index in [0.29, 0.717) is 0 Å². The van der Waals surface area contributed by atoms with Crippen LogP contribution < -0.4 is 0 Å². The van der Waals surface area contributed by atoms with Crippen LogP contribution >= 0.6 is 0 Å². The molecular formula is C62H42. The first-order chi connectivity index (χ1) is 30.8. The van der Waals surface area contributed by atoms with Gasteiger partial charge >= 0.3 is 0 Å². The summed E-state index contributed by atoms with van der Waals surface area (Å²) < 4.78 is 0. The largest absolute Gasteiger partial charge is 0.107 e. The fraction of sp³-hybridized carbons (Fsp3) is 0.0323. The van der Waals surface area contributed by atoms with Gasteiger partial charge in [0.1, 0.15) is 10.8 Å². The second-order valence-corrected chi connectivity index (χ2v) is 15.6. The van der Waals surface area contributed by atoms with E-state index in [2.05, 4.69) is 278 Å². The molecule has 10 rings (SSSR count). The Morgan fingerprint density at radius 1 is 0.210 bits per heavy atom. The van der Waals surface area contributed by atoms with Crippen LogP contribution in [0.3, 0.4) is 0 Å². The molecule has 10 aromatic rings. The highest BCUT2D eigenvalue weighted by Crippen LogP contribution is 2.42. The van der Waals surface area contributed by atoms with Gasteiger partial charge in [-0.3, -0.25) is 0 Å². The summed E-state index contributed by atoms with van der Waals surface area (Å²) in [5.41, 5.74) is 9.73. The van der Waals surface area contributed by atoms with Gasteiger partial charge in [0.05, 0.1) is 0 Å². The second-order valence-electron chi connectivity index (χ2n) is 15.6. The first-order valence-electron chi connectivity index (χ1n) is 21.2. The zero-order valence-electron chi connectivity index (χ0n) is 34.2. The predicted molar refractivity (Wildman–Crippen MR) is 259 cm³/mol. The lowest BCUT2D eigenvalue weighted by atomic mass is 9.70. The molecule has 290 valence electrons. The fourth-order valence-electron chi connectivity index (χ4n) is 9.17. The minimum atomic E-state index is -0.685. The van der Waals surface area contributed by atoms with Crippen LogP contribution in [-0.2, 0) is 10.8 Å². The Kier molecular flexibility index (Phi) is 10.3. The minimum Gasteiger partial charge on any atom is -0.0765 e. The van der Waals surface area contributed by atoms with E-state index in [0.717, 1.165) is 77.2 Å². The Balaban J connectivity index is 1.13. The Morgan fingerprint density at radius 3 is 0.694 bits per heavy atom. The van der Waals surface area contributed by atoms with E-state index in [1.807, 2.05) is 0 Å². The van der Waals surface area contributed by atoms with Gasteiger partial charge in [-0.25, -0.2) is 0 Å². The Morgan fingerprint density at radius 2 is 0.435 bits per heavy atom. The van der Waals surface area contributed by atoms with E-state index in [9.17, 15) is 0 Å². The third-order valence-corrected chi connectivity index (χ3v) is 12.1. The molecule has 0 aliphatic rings. The lowest BCUT2D eigenvalue weighted by Gasteiger charge is -2.31. The van der Waals surface area contributed by atoms with E-state index in [1.165, 1.54) is 0 Å². The molecular weight excluding hydrogens is 745 g/mol. The Bertz CT molecular complexity index is 2840. The molecule has 0 heteroatoms. The third kappa shape index (κ3) is 6.85. The molecule has 62 heavy (non-hydrogen) atoms. The van der Waals surface area contributed by atoms with Crippen molar-refractivity contribution in [2.24, 2.45) is 0 Å². The summed E-state index contributed by atoms with van der Waals surface area (Å²) in [6.07, 6.45) is 0. The molecule has 0 fully saturated rings. The van der Waals surface area contributed by atoms with Crippen molar-refractivity contribution in [2.75, 3.05) is 0 Å². The van der Waals surface area contributed by atoms with E-state index < -0.39 is 10.8 Å². The molecule has 0 saturated carbocycles. The van der Waals surface area contributed by atoms with Crippen LogP contribution in [0.2, 0.25) is 0 Å². The van der Waals surface area contributed by atoms with Crippen LogP contribution in [0.1, 0.15) is 44.5 Å². The number of benzene rings is 10. The summed E-state index contributed by atoms with van der Waals surface area (Å²) in [4.78, 5) is 0. The van der Waals surface area contributed by atoms with Crippen molar-refractivity contribution in [1.82, 2.24) is 0 Å². The summed E-state index contributed by atoms with van der Waals surface area (Å²) in [5.74, 6) is 15.3. The Hall–Kier alpha value is -8.16. The van der Waals surface area contributed by atoms with E-state index in [4.69, 9.17) is 0 Å². The van der Waals surface area contributed by atoms with Crippen LogP contribution in [0.15, 0.2) is 255 Å². The van der Waals surface area contributed by atoms with Crippen LogP contribution in [0.5, 0.6) is 0 Å². The molecule has 0 bridgehead atoms. The lowest BCUT2D eigenvalue weighted by molar-refractivity contribution is 0.809. The van der Waals surface area contributed by atoms with Crippen LogP contribution in [0, 0.1) is 23.7 Å². The standard InChI is InChI=1S/C62H42/c1-7-23-49(24-8-1)61(50-25-9-2-10-26-50,51-27-11-3-12-28-51)45-43-47-39-41-59(57-37-21-19-35-55(47)57)60-42-40-48(56-36-20-22-38-58(56)60)44-46-62(52-29-13-4-14-30-52,53-31-15-5-16-32-53)54-33-17-6-18-34-54/h1-42H. The van der Waals surface area contributed by atoms with Crippen molar-refractivity contribution in [3.63, 3.8) is 0 Å². The van der Waals surface area contributed by atoms with Gasteiger partial charge < -0.3 is 0 Å². The monoisotopic (exact) mass is 786 g/mol. The number of fused-ring (bicyclic) bond motifs is 2. The quantitative estimate of drug-likeness (QED) is 0.111. The highest BCUT2D eigenvalue weighted by atomic mass is 14.4. The molecule has 0 heterocycles. The van der Waals surface area contributed by atoms with Crippen molar-refractivity contribution in [3.8, 4) is 34.8 Å². The van der Waals surface area contributed by atoms with Gasteiger partial charge in [-0.1, -0.05) is 266 Å². The van der Waals surface area contributed by atoms with E-state index in [-0.39, 0.29) is 0 Å². The smallest absolute Gasteiger partial charge is 0.0765 e. The SMILES string of the molecule is C(#CC(c1ccccc1)(c1ccccc1)c1ccccc1)c1ccc(-c2ccc(C#CC(c3ccccc3)(c3ccccc3)c3ccccc3)c3ccccc23)c2ccccc12. The van der Waals surface area contributed by atoms with E-state index >= 15 is 0 Å². The number of hydrogen-bond acceptors (Lipinski definition) is 0. The van der Waals surface area contributed by atoms with Gasteiger partial charge in [-0.15, -0.1) is 0 Å². The van der Waals surface area contributed by atoms with Gasteiger partial charge in [0.15, 0.2) is 0 Å². The van der Waals surface area contributed by atoms with Crippen molar-refractivity contribution >= 4 is 21.5 Å². The molecule has 0 aromatic heterocycles. The van der Waals surface area contributed by atoms with Crippen LogP contribution in [0.25, 0.3) is 32.7 Å². The van der Waals surface area contributed by atoms with E-state index in [1.54, 1.807) is 0 Å². The van der Waals surface area contributed by atoms with Gasteiger partial charge in [0.25, 0.3) is 0 Å². The van der Waals surface area contributed by atoms with Crippen molar-refractivity contribution < 1.29 is 0 Å². The molecule has 0 atom stereocenters. The molecule has 0 N–H and O–H groups in total. The van der Waals surface area contributed by atoms with Crippen molar-refractivity contribution in [2.45, 2.75) is 10.8 Å². The highest BCUT2D eigenvalue weighted by Gasteiger charge is 2.36. The molecule has 0 nitrogen and oxygen atoms in total. The van der Waals surface area contributed by atoms with Crippen LogP contribution in [0.4, 0.5) is 0 Å². The summed E-state index contributed by atoms with van der Waals surface area (Å²) in [7, 11) is 0. The Labute approximate surface area is 364 Å². The molecule has 0 aliphatic heterocycles. The molecule has 0 amide bonds. The van der Waals surface area contributed by atoms with Crippen molar-refractivity contribution in [1.29, 1.82) is 0 Å².